The molecule has 0 aromatic heterocycles. The van der Waals surface area contributed by atoms with Crippen LogP contribution in [-0.2, 0) is 16.1 Å². The van der Waals surface area contributed by atoms with Gasteiger partial charge >= 0.3 is 5.97 Å². The SMILES string of the molecule is COC(=O)C(NCc1cccc(Br)c1)C1CC1. The fourth-order valence-corrected chi connectivity index (χ4v) is 2.32. The van der Waals surface area contributed by atoms with Crippen LogP contribution < -0.4 is 5.32 Å². The summed E-state index contributed by atoms with van der Waals surface area (Å²) in [6.07, 6.45) is 2.23. The lowest BCUT2D eigenvalue weighted by molar-refractivity contribution is -0.143. The van der Waals surface area contributed by atoms with Crippen LogP contribution in [0, 0.1) is 5.92 Å². The number of ether oxygens (including phenoxy) is 1. The van der Waals surface area contributed by atoms with E-state index in [9.17, 15) is 4.79 Å². The molecule has 1 N–H and O–H groups in total. The summed E-state index contributed by atoms with van der Waals surface area (Å²) in [6, 6.07) is 7.92. The lowest BCUT2D eigenvalue weighted by Crippen LogP contribution is -2.39. The predicted octanol–water partition coefficient (Wildman–Crippen LogP) is 2.49. The van der Waals surface area contributed by atoms with Gasteiger partial charge in [-0.05, 0) is 36.5 Å². The maximum atomic E-state index is 11.6. The first-order valence-corrected chi connectivity index (χ1v) is 6.55. The normalized spacial score (nSPS) is 16.6. The van der Waals surface area contributed by atoms with Crippen LogP contribution in [0.2, 0.25) is 0 Å². The Labute approximate surface area is 110 Å². The number of esters is 1. The molecule has 4 heteroatoms. The van der Waals surface area contributed by atoms with E-state index in [1.54, 1.807) is 0 Å². The average molecular weight is 298 g/mol. The van der Waals surface area contributed by atoms with Crippen molar-refractivity contribution in [3.05, 3.63) is 34.3 Å². The Morgan fingerprint density at radius 2 is 2.35 bits per heavy atom. The van der Waals surface area contributed by atoms with Crippen LogP contribution in [0.5, 0.6) is 0 Å². The fourth-order valence-electron chi connectivity index (χ4n) is 1.87. The molecule has 92 valence electrons. The molecule has 17 heavy (non-hydrogen) atoms. The highest BCUT2D eigenvalue weighted by atomic mass is 79.9. The van der Waals surface area contributed by atoms with E-state index in [1.807, 2.05) is 24.3 Å². The predicted molar refractivity (Wildman–Crippen MR) is 69.5 cm³/mol. The molecule has 0 saturated heterocycles. The third-order valence-electron chi connectivity index (χ3n) is 2.96. The van der Waals surface area contributed by atoms with Gasteiger partial charge in [0.25, 0.3) is 0 Å². The van der Waals surface area contributed by atoms with E-state index < -0.39 is 0 Å². The largest absolute Gasteiger partial charge is 0.468 e. The molecule has 1 unspecified atom stereocenters. The van der Waals surface area contributed by atoms with Gasteiger partial charge in [0.2, 0.25) is 0 Å². The molecule has 0 bridgehead atoms. The van der Waals surface area contributed by atoms with E-state index >= 15 is 0 Å². The number of hydrogen-bond donors (Lipinski definition) is 1. The van der Waals surface area contributed by atoms with Crippen molar-refractivity contribution < 1.29 is 9.53 Å². The molecule has 3 nitrogen and oxygen atoms in total. The van der Waals surface area contributed by atoms with Crippen LogP contribution in [0.3, 0.4) is 0 Å². The number of rotatable bonds is 5. The first-order valence-electron chi connectivity index (χ1n) is 5.76. The second-order valence-electron chi connectivity index (χ2n) is 4.35. The highest BCUT2D eigenvalue weighted by molar-refractivity contribution is 9.10. The summed E-state index contributed by atoms with van der Waals surface area (Å²) in [5.41, 5.74) is 1.16. The number of halogens is 1. The molecule has 0 heterocycles. The Bertz CT molecular complexity index is 404. The monoisotopic (exact) mass is 297 g/mol. The zero-order chi connectivity index (χ0) is 12.3. The first kappa shape index (κ1) is 12.6. The molecule has 1 aromatic carbocycles. The van der Waals surface area contributed by atoms with Crippen LogP contribution >= 0.6 is 15.9 Å². The zero-order valence-corrected chi connectivity index (χ0v) is 11.4. The number of benzene rings is 1. The molecule has 1 atom stereocenters. The molecule has 1 saturated carbocycles. The van der Waals surface area contributed by atoms with Gasteiger partial charge < -0.3 is 10.1 Å². The number of methoxy groups -OCH3 is 1. The van der Waals surface area contributed by atoms with Gasteiger partial charge in [-0.25, -0.2) is 0 Å². The molecule has 1 aromatic rings. The summed E-state index contributed by atoms with van der Waals surface area (Å²) >= 11 is 3.43. The average Bonchev–Trinajstić information content (AvgIpc) is 3.13. The summed E-state index contributed by atoms with van der Waals surface area (Å²) in [6.45, 7) is 0.690. The van der Waals surface area contributed by atoms with Crippen molar-refractivity contribution in [3.8, 4) is 0 Å². The molecule has 0 amide bonds. The summed E-state index contributed by atoms with van der Waals surface area (Å²) in [5.74, 6) is 0.303. The second kappa shape index (κ2) is 5.65. The van der Waals surface area contributed by atoms with Crippen LogP contribution in [0.25, 0.3) is 0 Å². The Morgan fingerprint density at radius 1 is 1.59 bits per heavy atom. The number of carbonyl (C=O) groups is 1. The molecular weight excluding hydrogens is 282 g/mol. The van der Waals surface area contributed by atoms with Crippen LogP contribution in [0.4, 0.5) is 0 Å². The molecule has 1 fully saturated rings. The molecule has 0 spiro atoms. The Morgan fingerprint density at radius 3 is 2.94 bits per heavy atom. The topological polar surface area (TPSA) is 38.3 Å². The maximum absolute atomic E-state index is 11.6. The van der Waals surface area contributed by atoms with Crippen LogP contribution in [0.15, 0.2) is 28.7 Å². The molecular formula is C13H16BrNO2. The van der Waals surface area contributed by atoms with E-state index in [0.29, 0.717) is 12.5 Å². The number of hydrogen-bond acceptors (Lipinski definition) is 3. The second-order valence-corrected chi connectivity index (χ2v) is 5.26. The fraction of sp³-hybridized carbons (Fsp3) is 0.462. The molecule has 1 aliphatic carbocycles. The lowest BCUT2D eigenvalue weighted by atomic mass is 10.1. The van der Waals surface area contributed by atoms with Gasteiger partial charge in [-0.3, -0.25) is 4.79 Å². The van der Waals surface area contributed by atoms with Crippen molar-refractivity contribution in [1.29, 1.82) is 0 Å². The van der Waals surface area contributed by atoms with E-state index in [0.717, 1.165) is 22.9 Å². The van der Waals surface area contributed by atoms with Crippen molar-refractivity contribution in [2.24, 2.45) is 5.92 Å². The third kappa shape index (κ3) is 3.54. The smallest absolute Gasteiger partial charge is 0.323 e. The molecule has 0 radical (unpaired) electrons. The minimum absolute atomic E-state index is 0.150. The third-order valence-corrected chi connectivity index (χ3v) is 3.46. The van der Waals surface area contributed by atoms with Gasteiger partial charge in [-0.15, -0.1) is 0 Å². The van der Waals surface area contributed by atoms with Crippen LogP contribution in [-0.4, -0.2) is 19.1 Å². The Hall–Kier alpha value is -0.870. The first-order chi connectivity index (χ1) is 8.20. The van der Waals surface area contributed by atoms with Gasteiger partial charge in [0.1, 0.15) is 6.04 Å². The van der Waals surface area contributed by atoms with Gasteiger partial charge in [-0.2, -0.15) is 0 Å². The van der Waals surface area contributed by atoms with Crippen molar-refractivity contribution in [2.45, 2.75) is 25.4 Å². The lowest BCUT2D eigenvalue weighted by Gasteiger charge is -2.15. The maximum Gasteiger partial charge on any atom is 0.323 e. The highest BCUT2D eigenvalue weighted by Crippen LogP contribution is 2.33. The van der Waals surface area contributed by atoms with E-state index in [4.69, 9.17) is 4.74 Å². The summed E-state index contributed by atoms with van der Waals surface area (Å²) < 4.78 is 5.87. The van der Waals surface area contributed by atoms with Gasteiger partial charge in [0.15, 0.2) is 0 Å². The van der Waals surface area contributed by atoms with Crippen molar-refractivity contribution >= 4 is 21.9 Å². The van der Waals surface area contributed by atoms with Gasteiger partial charge in [-0.1, -0.05) is 28.1 Å². The summed E-state index contributed by atoms with van der Waals surface area (Å²) in [7, 11) is 1.44. The number of nitrogens with one attached hydrogen (secondary N) is 1. The van der Waals surface area contributed by atoms with E-state index in [-0.39, 0.29) is 12.0 Å². The van der Waals surface area contributed by atoms with Crippen molar-refractivity contribution in [2.75, 3.05) is 7.11 Å². The standard InChI is InChI=1S/C13H16BrNO2/c1-17-13(16)12(10-5-6-10)15-8-9-3-2-4-11(14)7-9/h2-4,7,10,12,15H,5-6,8H2,1H3. The van der Waals surface area contributed by atoms with Crippen molar-refractivity contribution in [1.82, 2.24) is 5.32 Å². The number of carbonyl (C=O) groups excluding carboxylic acids is 1. The Balaban J connectivity index is 1.93. The molecule has 2 rings (SSSR count). The molecule has 0 aliphatic heterocycles. The minimum atomic E-state index is -0.154. The minimum Gasteiger partial charge on any atom is -0.468 e. The zero-order valence-electron chi connectivity index (χ0n) is 9.78. The molecule has 1 aliphatic rings. The summed E-state index contributed by atoms with van der Waals surface area (Å²) in [5, 5.41) is 3.28. The Kier molecular flexibility index (Phi) is 4.18. The summed E-state index contributed by atoms with van der Waals surface area (Å²) in [4.78, 5) is 11.6. The van der Waals surface area contributed by atoms with E-state index in [2.05, 4.69) is 21.2 Å². The highest BCUT2D eigenvalue weighted by Gasteiger charge is 2.36. The quantitative estimate of drug-likeness (QED) is 0.849. The van der Waals surface area contributed by atoms with E-state index in [1.165, 1.54) is 7.11 Å². The van der Waals surface area contributed by atoms with Gasteiger partial charge in [0, 0.05) is 11.0 Å². The van der Waals surface area contributed by atoms with Crippen molar-refractivity contribution in [3.63, 3.8) is 0 Å². The van der Waals surface area contributed by atoms with Crippen LogP contribution in [0.1, 0.15) is 18.4 Å². The van der Waals surface area contributed by atoms with Gasteiger partial charge in [0.05, 0.1) is 7.11 Å².